The van der Waals surface area contributed by atoms with Crippen LogP contribution in [0.15, 0.2) is 58.1 Å². The second kappa shape index (κ2) is 9.91. The van der Waals surface area contributed by atoms with Gasteiger partial charge in [0, 0.05) is 0 Å². The molecule has 0 aliphatic carbocycles. The van der Waals surface area contributed by atoms with Crippen LogP contribution in [0.4, 0.5) is 0 Å². The predicted molar refractivity (Wildman–Crippen MR) is 130 cm³/mol. The van der Waals surface area contributed by atoms with Gasteiger partial charge in [-0.3, -0.25) is 10.2 Å². The number of rotatable bonds is 8. The zero-order valence-corrected chi connectivity index (χ0v) is 19.4. The number of hydrogen-bond acceptors (Lipinski definition) is 7. The van der Waals surface area contributed by atoms with Crippen LogP contribution in [0.25, 0.3) is 6.08 Å². The number of amides is 1. The topological polar surface area (TPSA) is 96.6 Å². The maximum absolute atomic E-state index is 12.5. The lowest BCUT2D eigenvalue weighted by Gasteiger charge is -2.20. The van der Waals surface area contributed by atoms with Crippen molar-refractivity contribution in [1.82, 2.24) is 5.01 Å². The van der Waals surface area contributed by atoms with Gasteiger partial charge in [-0.05, 0) is 60.5 Å². The van der Waals surface area contributed by atoms with Gasteiger partial charge in [0.1, 0.15) is 24.0 Å². The highest BCUT2D eigenvalue weighted by Crippen LogP contribution is 2.32. The number of carbonyl (C=O) groups is 1. The van der Waals surface area contributed by atoms with Crippen molar-refractivity contribution in [3.8, 4) is 17.2 Å². The van der Waals surface area contributed by atoms with Gasteiger partial charge < -0.3 is 14.2 Å². The summed E-state index contributed by atoms with van der Waals surface area (Å²) in [6, 6.07) is 13.1. The Labute approximate surface area is 196 Å². The summed E-state index contributed by atoms with van der Waals surface area (Å²) in [6.07, 6.45) is 2.33. The van der Waals surface area contributed by atoms with Gasteiger partial charge >= 0.3 is 0 Å². The van der Waals surface area contributed by atoms with Crippen molar-refractivity contribution in [2.75, 3.05) is 20.3 Å². The number of para-hydroxylation sites is 1. The molecule has 4 rings (SSSR count). The summed E-state index contributed by atoms with van der Waals surface area (Å²) in [4.78, 5) is 16.6. The molecule has 1 amide bonds. The predicted octanol–water partition coefficient (Wildman–Crippen LogP) is 4.49. The zero-order chi connectivity index (χ0) is 23.4. The van der Waals surface area contributed by atoms with Crippen molar-refractivity contribution >= 4 is 39.8 Å². The van der Waals surface area contributed by atoms with Gasteiger partial charge in [-0.1, -0.05) is 31.2 Å². The number of aryl methyl sites for hydroxylation is 1. The summed E-state index contributed by atoms with van der Waals surface area (Å²) in [7, 11) is 1.55. The van der Waals surface area contributed by atoms with Crippen molar-refractivity contribution in [1.29, 1.82) is 5.41 Å². The van der Waals surface area contributed by atoms with E-state index in [1.807, 2.05) is 38.1 Å². The van der Waals surface area contributed by atoms with Gasteiger partial charge in [-0.15, -0.1) is 0 Å². The Morgan fingerprint density at radius 1 is 1.09 bits per heavy atom. The average molecular weight is 465 g/mol. The van der Waals surface area contributed by atoms with Crippen molar-refractivity contribution in [3.05, 3.63) is 59.2 Å². The SMILES string of the molecule is CCC1=NN2C(=N)/C(=C\c3ccc(OCCOc4ccccc4C)c(OC)c3)C(=O)N=C2S1. The average Bonchev–Trinajstić information content (AvgIpc) is 3.24. The third-order valence-corrected chi connectivity index (χ3v) is 6.04. The number of nitrogens with zero attached hydrogens (tertiary/aromatic N) is 3. The van der Waals surface area contributed by atoms with Crippen LogP contribution in [0.5, 0.6) is 17.2 Å². The van der Waals surface area contributed by atoms with Crippen molar-refractivity contribution < 1.29 is 19.0 Å². The Morgan fingerprint density at radius 3 is 2.58 bits per heavy atom. The number of hydrazone groups is 1. The molecule has 2 heterocycles. The van der Waals surface area contributed by atoms with Gasteiger partial charge in [0.25, 0.3) is 5.91 Å². The van der Waals surface area contributed by atoms with E-state index >= 15 is 0 Å². The van der Waals surface area contributed by atoms with Crippen molar-refractivity contribution in [3.63, 3.8) is 0 Å². The summed E-state index contributed by atoms with van der Waals surface area (Å²) in [5.74, 6) is 1.45. The van der Waals surface area contributed by atoms with Crippen LogP contribution in [-0.2, 0) is 4.79 Å². The number of nitrogens with one attached hydrogen (secondary N) is 1. The van der Waals surface area contributed by atoms with Crippen molar-refractivity contribution in [2.45, 2.75) is 20.3 Å². The van der Waals surface area contributed by atoms with E-state index in [4.69, 9.17) is 19.6 Å². The zero-order valence-electron chi connectivity index (χ0n) is 18.6. The molecule has 0 atom stereocenters. The highest BCUT2D eigenvalue weighted by atomic mass is 32.2. The lowest BCUT2D eigenvalue weighted by Crippen LogP contribution is -2.35. The largest absolute Gasteiger partial charge is 0.493 e. The molecule has 0 saturated carbocycles. The number of hydrogen-bond donors (Lipinski definition) is 1. The van der Waals surface area contributed by atoms with E-state index in [0.29, 0.717) is 35.4 Å². The number of aliphatic imine (C=N–C) groups is 1. The molecule has 0 unspecified atom stereocenters. The fourth-order valence-corrected chi connectivity index (χ4v) is 4.08. The second-order valence-corrected chi connectivity index (χ2v) is 8.28. The summed E-state index contributed by atoms with van der Waals surface area (Å²) < 4.78 is 17.1. The minimum Gasteiger partial charge on any atom is -0.493 e. The summed E-state index contributed by atoms with van der Waals surface area (Å²) in [5, 5.41) is 15.4. The molecule has 9 heteroatoms. The lowest BCUT2D eigenvalue weighted by atomic mass is 10.1. The van der Waals surface area contributed by atoms with Crippen LogP contribution in [0.1, 0.15) is 24.5 Å². The van der Waals surface area contributed by atoms with Crippen LogP contribution in [0.2, 0.25) is 0 Å². The molecule has 1 N–H and O–H groups in total. The van der Waals surface area contributed by atoms with E-state index in [1.165, 1.54) is 16.8 Å². The Kier molecular flexibility index (Phi) is 6.79. The Balaban J connectivity index is 1.45. The second-order valence-electron chi connectivity index (χ2n) is 7.24. The van der Waals surface area contributed by atoms with Crippen LogP contribution >= 0.6 is 11.8 Å². The molecule has 0 aromatic heterocycles. The van der Waals surface area contributed by atoms with Gasteiger partial charge in [-0.2, -0.15) is 15.1 Å². The van der Waals surface area contributed by atoms with E-state index in [-0.39, 0.29) is 11.4 Å². The molecule has 33 heavy (non-hydrogen) atoms. The van der Waals surface area contributed by atoms with Crippen LogP contribution < -0.4 is 14.2 Å². The number of amidine groups is 2. The molecule has 170 valence electrons. The smallest absolute Gasteiger partial charge is 0.283 e. The van der Waals surface area contributed by atoms with Gasteiger partial charge in [-0.25, -0.2) is 0 Å². The highest BCUT2D eigenvalue weighted by Gasteiger charge is 2.35. The number of benzene rings is 2. The molecule has 2 aromatic rings. The fraction of sp³-hybridized carbons (Fsp3) is 0.250. The quantitative estimate of drug-likeness (QED) is 0.457. The number of thioether (sulfide) groups is 1. The first kappa shape index (κ1) is 22.6. The minimum absolute atomic E-state index is 0.00796. The van der Waals surface area contributed by atoms with E-state index in [0.717, 1.165) is 22.8 Å². The molecule has 2 aliphatic heterocycles. The van der Waals surface area contributed by atoms with E-state index in [9.17, 15) is 4.79 Å². The van der Waals surface area contributed by atoms with E-state index < -0.39 is 5.91 Å². The molecule has 2 aliphatic rings. The maximum atomic E-state index is 12.5. The molecule has 0 spiro atoms. The van der Waals surface area contributed by atoms with E-state index in [1.54, 1.807) is 31.4 Å². The Bertz CT molecular complexity index is 1190. The maximum Gasteiger partial charge on any atom is 0.283 e. The number of ether oxygens (including phenoxy) is 3. The van der Waals surface area contributed by atoms with Gasteiger partial charge in [0.05, 0.1) is 12.7 Å². The number of carbonyl (C=O) groups excluding carboxylic acids is 1. The molecule has 0 radical (unpaired) electrons. The third kappa shape index (κ3) is 4.93. The standard InChI is InChI=1S/C24H24N4O4S/c1-4-21-27-28-22(25)17(23(29)26-24(28)33-21)13-16-9-10-19(20(14-16)30-3)32-12-11-31-18-8-6-5-7-15(18)2/h5-10,13-14,25H,4,11-12H2,1-3H3/b17-13+,25-22?. The van der Waals surface area contributed by atoms with Crippen molar-refractivity contribution in [2.24, 2.45) is 10.1 Å². The van der Waals surface area contributed by atoms with Crippen LogP contribution in [-0.4, -0.2) is 47.3 Å². The molecule has 0 bridgehead atoms. The lowest BCUT2D eigenvalue weighted by molar-refractivity contribution is -0.114. The first-order valence-electron chi connectivity index (χ1n) is 10.5. The first-order chi connectivity index (χ1) is 16.0. The van der Waals surface area contributed by atoms with Gasteiger partial charge in [0.2, 0.25) is 5.17 Å². The number of fused-ring (bicyclic) bond motifs is 1. The van der Waals surface area contributed by atoms with Crippen LogP contribution in [0, 0.1) is 12.3 Å². The normalized spacial score (nSPS) is 16.5. The Morgan fingerprint density at radius 2 is 1.85 bits per heavy atom. The highest BCUT2D eigenvalue weighted by molar-refractivity contribution is 8.26. The molecule has 8 nitrogen and oxygen atoms in total. The first-order valence-corrected chi connectivity index (χ1v) is 11.3. The minimum atomic E-state index is -0.459. The summed E-state index contributed by atoms with van der Waals surface area (Å²) in [6.45, 7) is 4.70. The fourth-order valence-electron chi connectivity index (χ4n) is 3.26. The molecular weight excluding hydrogens is 440 g/mol. The third-order valence-electron chi connectivity index (χ3n) is 4.99. The Hall–Kier alpha value is -3.59. The van der Waals surface area contributed by atoms with Crippen LogP contribution in [0.3, 0.4) is 0 Å². The molecular formula is C24H24N4O4S. The molecule has 0 saturated heterocycles. The number of methoxy groups -OCH3 is 1. The molecule has 0 fully saturated rings. The summed E-state index contributed by atoms with van der Waals surface area (Å²) >= 11 is 1.32. The van der Waals surface area contributed by atoms with Gasteiger partial charge in [0.15, 0.2) is 17.3 Å². The summed E-state index contributed by atoms with van der Waals surface area (Å²) in [5.41, 5.74) is 1.92. The van der Waals surface area contributed by atoms with E-state index in [2.05, 4.69) is 10.1 Å². The molecule has 2 aromatic carbocycles. The monoisotopic (exact) mass is 464 g/mol.